The van der Waals surface area contributed by atoms with Crippen LogP contribution in [0.4, 0.5) is 13.2 Å². The van der Waals surface area contributed by atoms with Crippen molar-refractivity contribution in [2.75, 3.05) is 26.7 Å². The van der Waals surface area contributed by atoms with Crippen molar-refractivity contribution in [1.82, 2.24) is 29.5 Å². The third-order valence-electron chi connectivity index (χ3n) is 9.58. The van der Waals surface area contributed by atoms with E-state index >= 15 is 8.78 Å². The standard InChI is InChI=1S/C36H33F3N6O2S/c1-18-14-40-19(2)28-13-26(42-45(18)28)35-33(31-24(38)11-23(37)12-29(31)47-16-20-9-30(46)44(4)15-20)32-25(39)17-48-36(32)34(41-35)22-5-6-27-21(10-22)7-8-43(27)3/h5-8,10-13,17-20,40H,9,14-16H2,1-4H3/t18-,19+,20+/m0/s1. The molecule has 0 saturated carbocycles. The number of halogens is 3. The zero-order chi connectivity index (χ0) is 33.4. The number of thiophene rings is 1. The first-order valence-electron chi connectivity index (χ1n) is 15.9. The second-order valence-electron chi connectivity index (χ2n) is 13.0. The molecule has 4 aromatic heterocycles. The Hall–Kier alpha value is -4.68. The van der Waals surface area contributed by atoms with Crippen molar-refractivity contribution in [3.8, 4) is 39.5 Å². The van der Waals surface area contributed by atoms with Crippen LogP contribution in [0.5, 0.6) is 5.75 Å². The fourth-order valence-corrected chi connectivity index (χ4v) is 7.99. The maximum absolute atomic E-state index is 16.3. The van der Waals surface area contributed by atoms with Crippen molar-refractivity contribution >= 4 is 38.2 Å². The van der Waals surface area contributed by atoms with Crippen LogP contribution in [-0.2, 0) is 11.8 Å². The van der Waals surface area contributed by atoms with E-state index in [-0.39, 0.29) is 64.9 Å². The largest absolute Gasteiger partial charge is 0.492 e. The number of aromatic nitrogens is 4. The predicted molar refractivity (Wildman–Crippen MR) is 180 cm³/mol. The van der Waals surface area contributed by atoms with Crippen LogP contribution in [0.25, 0.3) is 54.8 Å². The third kappa shape index (κ3) is 4.96. The SMILES string of the molecule is C[C@H]1NC[C@H](C)n2nc(-c3nc(-c4ccc5c(ccn5C)c4)c4scc(F)c4c3-c3c(F)cc(F)cc3OC[C@@H]3CC(=O)N(C)C3)cc21. The Morgan fingerprint density at radius 2 is 1.85 bits per heavy atom. The van der Waals surface area contributed by atoms with E-state index in [9.17, 15) is 9.18 Å². The maximum atomic E-state index is 16.3. The number of hydrogen-bond acceptors (Lipinski definition) is 6. The molecule has 1 fully saturated rings. The van der Waals surface area contributed by atoms with Crippen LogP contribution in [-0.4, -0.2) is 56.9 Å². The molecule has 0 aliphatic carbocycles. The second-order valence-corrected chi connectivity index (χ2v) is 13.8. The molecule has 6 aromatic rings. The molecule has 1 saturated heterocycles. The zero-order valence-corrected chi connectivity index (χ0v) is 27.7. The number of amides is 1. The molecule has 8 rings (SSSR count). The first kappa shape index (κ1) is 30.6. The number of carbonyl (C=O) groups is 1. The number of pyridine rings is 1. The Morgan fingerprint density at radius 1 is 1.02 bits per heavy atom. The molecule has 2 aromatic carbocycles. The number of nitrogens with zero attached hydrogens (tertiary/aromatic N) is 5. The average Bonchev–Trinajstić information content (AvgIpc) is 3.84. The summed E-state index contributed by atoms with van der Waals surface area (Å²) < 4.78 is 57.9. The predicted octanol–water partition coefficient (Wildman–Crippen LogP) is 7.49. The molecule has 0 unspecified atom stereocenters. The summed E-state index contributed by atoms with van der Waals surface area (Å²) >= 11 is 1.18. The molecule has 0 spiro atoms. The van der Waals surface area contributed by atoms with Gasteiger partial charge in [-0.1, -0.05) is 6.07 Å². The van der Waals surface area contributed by atoms with Gasteiger partial charge in [-0.3, -0.25) is 9.48 Å². The van der Waals surface area contributed by atoms with E-state index in [1.807, 2.05) is 66.7 Å². The summed E-state index contributed by atoms with van der Waals surface area (Å²) in [5.74, 6) is -2.57. The molecule has 0 radical (unpaired) electrons. The van der Waals surface area contributed by atoms with E-state index in [1.54, 1.807) is 11.9 Å². The number of aryl methyl sites for hydroxylation is 1. The Kier molecular flexibility index (Phi) is 7.33. The van der Waals surface area contributed by atoms with Crippen LogP contribution in [0.3, 0.4) is 0 Å². The first-order valence-corrected chi connectivity index (χ1v) is 16.8. The van der Waals surface area contributed by atoms with Crippen molar-refractivity contribution in [2.24, 2.45) is 13.0 Å². The lowest BCUT2D eigenvalue weighted by Gasteiger charge is -2.27. The number of ether oxygens (including phenoxy) is 1. The number of carbonyl (C=O) groups excluding carboxylic acids is 1. The summed E-state index contributed by atoms with van der Waals surface area (Å²) in [6.45, 7) is 5.31. The van der Waals surface area contributed by atoms with Gasteiger partial charge in [-0.05, 0) is 38.1 Å². The highest BCUT2D eigenvalue weighted by molar-refractivity contribution is 7.17. The van der Waals surface area contributed by atoms with Gasteiger partial charge in [0.1, 0.15) is 34.6 Å². The van der Waals surface area contributed by atoms with Crippen LogP contribution in [0.15, 0.2) is 54.0 Å². The normalized spacial score (nSPS) is 19.5. The van der Waals surface area contributed by atoms with Crippen LogP contribution >= 0.6 is 11.3 Å². The van der Waals surface area contributed by atoms with Crippen LogP contribution in [0.2, 0.25) is 0 Å². The Morgan fingerprint density at radius 3 is 2.62 bits per heavy atom. The Labute approximate surface area is 278 Å². The van der Waals surface area contributed by atoms with Crippen molar-refractivity contribution < 1.29 is 22.7 Å². The minimum absolute atomic E-state index is 0.0128. The number of benzene rings is 2. The molecule has 2 aliphatic heterocycles. The van der Waals surface area contributed by atoms with E-state index in [4.69, 9.17) is 14.8 Å². The molecule has 48 heavy (non-hydrogen) atoms. The molecular formula is C36H33F3N6O2S. The summed E-state index contributed by atoms with van der Waals surface area (Å²) in [5.41, 5.74) is 3.99. The summed E-state index contributed by atoms with van der Waals surface area (Å²) in [6.07, 6.45) is 2.24. The first-order chi connectivity index (χ1) is 23.1. The van der Waals surface area contributed by atoms with Gasteiger partial charge in [-0.2, -0.15) is 5.10 Å². The average molecular weight is 671 g/mol. The molecule has 0 bridgehead atoms. The summed E-state index contributed by atoms with van der Waals surface area (Å²) in [4.78, 5) is 19.0. The topological polar surface area (TPSA) is 77.2 Å². The van der Waals surface area contributed by atoms with E-state index in [2.05, 4.69) is 5.32 Å². The molecule has 1 amide bonds. The fourth-order valence-electron chi connectivity index (χ4n) is 7.06. The van der Waals surface area contributed by atoms with Crippen molar-refractivity contribution in [3.05, 3.63) is 77.2 Å². The highest BCUT2D eigenvalue weighted by atomic mass is 32.1. The van der Waals surface area contributed by atoms with Gasteiger partial charge in [-0.15, -0.1) is 11.3 Å². The Bertz CT molecular complexity index is 2230. The van der Waals surface area contributed by atoms with Gasteiger partial charge in [0, 0.05) is 96.7 Å². The lowest BCUT2D eigenvalue weighted by atomic mass is 9.94. The molecule has 1 N–H and O–H groups in total. The van der Waals surface area contributed by atoms with Gasteiger partial charge in [0.15, 0.2) is 0 Å². The lowest BCUT2D eigenvalue weighted by Crippen LogP contribution is -2.34. The molecule has 246 valence electrons. The Balaban J connectivity index is 1.39. The van der Waals surface area contributed by atoms with E-state index in [0.717, 1.165) is 34.3 Å². The van der Waals surface area contributed by atoms with Gasteiger partial charge < -0.3 is 19.5 Å². The van der Waals surface area contributed by atoms with Crippen LogP contribution < -0.4 is 10.1 Å². The van der Waals surface area contributed by atoms with Gasteiger partial charge in [-0.25, -0.2) is 18.2 Å². The molecule has 12 heteroatoms. The maximum Gasteiger partial charge on any atom is 0.222 e. The van der Waals surface area contributed by atoms with E-state index in [1.165, 1.54) is 16.7 Å². The quantitative estimate of drug-likeness (QED) is 0.199. The number of likely N-dealkylation sites (tertiary alicyclic amines) is 1. The molecular weight excluding hydrogens is 637 g/mol. The fraction of sp³-hybridized carbons (Fsp3) is 0.306. The lowest BCUT2D eigenvalue weighted by molar-refractivity contribution is -0.126. The summed E-state index contributed by atoms with van der Waals surface area (Å²) in [6, 6.07) is 11.8. The number of hydrogen-bond donors (Lipinski definition) is 1. The van der Waals surface area contributed by atoms with Gasteiger partial charge >= 0.3 is 0 Å². The molecule has 2 aliphatic rings. The van der Waals surface area contributed by atoms with E-state index < -0.39 is 17.5 Å². The number of fused-ring (bicyclic) bond motifs is 3. The zero-order valence-electron chi connectivity index (χ0n) is 26.9. The monoisotopic (exact) mass is 670 g/mol. The number of nitrogens with one attached hydrogen (secondary N) is 1. The van der Waals surface area contributed by atoms with Gasteiger partial charge in [0.2, 0.25) is 5.91 Å². The molecule has 6 heterocycles. The molecule has 8 nitrogen and oxygen atoms in total. The molecule has 3 atom stereocenters. The third-order valence-corrected chi connectivity index (χ3v) is 10.5. The van der Waals surface area contributed by atoms with Crippen molar-refractivity contribution in [1.29, 1.82) is 0 Å². The van der Waals surface area contributed by atoms with Gasteiger partial charge in [0.25, 0.3) is 0 Å². The van der Waals surface area contributed by atoms with Gasteiger partial charge in [0.05, 0.1) is 34.3 Å². The smallest absolute Gasteiger partial charge is 0.222 e. The van der Waals surface area contributed by atoms with Crippen molar-refractivity contribution in [3.63, 3.8) is 0 Å². The summed E-state index contributed by atoms with van der Waals surface area (Å²) in [5, 5.41) is 11.0. The summed E-state index contributed by atoms with van der Waals surface area (Å²) in [7, 11) is 3.68. The van der Waals surface area contributed by atoms with Crippen molar-refractivity contribution in [2.45, 2.75) is 32.4 Å². The van der Waals surface area contributed by atoms with Crippen LogP contribution in [0.1, 0.15) is 38.0 Å². The minimum Gasteiger partial charge on any atom is -0.492 e. The highest BCUT2D eigenvalue weighted by Crippen LogP contribution is 2.48. The highest BCUT2D eigenvalue weighted by Gasteiger charge is 2.32. The number of rotatable bonds is 6. The minimum atomic E-state index is -0.912. The second kappa shape index (κ2) is 11.5. The van der Waals surface area contributed by atoms with Crippen LogP contribution in [0, 0.1) is 23.4 Å². The van der Waals surface area contributed by atoms with E-state index in [0.29, 0.717) is 29.2 Å².